The van der Waals surface area contributed by atoms with Crippen LogP contribution in [0.15, 0.2) is 34.8 Å². The van der Waals surface area contributed by atoms with Crippen molar-refractivity contribution in [3.63, 3.8) is 0 Å². The van der Waals surface area contributed by atoms with E-state index in [1.165, 1.54) is 0 Å². The molecule has 2 aromatic carbocycles. The first-order chi connectivity index (χ1) is 10.1. The number of aromatic amines is 1. The second-order valence-electron chi connectivity index (χ2n) is 4.41. The van der Waals surface area contributed by atoms with E-state index in [4.69, 9.17) is 21.1 Å². The summed E-state index contributed by atoms with van der Waals surface area (Å²) in [5.74, 6) is 2.00. The third-order valence-corrected chi connectivity index (χ3v) is 4.49. The van der Waals surface area contributed by atoms with E-state index in [2.05, 4.69) is 25.9 Å². The van der Waals surface area contributed by atoms with Crippen molar-refractivity contribution in [1.82, 2.24) is 9.97 Å². The predicted octanol–water partition coefficient (Wildman–Crippen LogP) is 4.66. The molecule has 1 heterocycles. The van der Waals surface area contributed by atoms with Gasteiger partial charge in [-0.1, -0.05) is 17.7 Å². The summed E-state index contributed by atoms with van der Waals surface area (Å²) >= 11 is 9.74. The summed E-state index contributed by atoms with van der Waals surface area (Å²) in [4.78, 5) is 7.83. The van der Waals surface area contributed by atoms with Crippen molar-refractivity contribution in [1.29, 1.82) is 0 Å². The Morgan fingerprint density at radius 3 is 2.57 bits per heavy atom. The third-order valence-electron chi connectivity index (χ3n) is 3.19. The molecule has 0 radical (unpaired) electrons. The molecule has 1 aromatic heterocycles. The number of benzene rings is 2. The monoisotopic (exact) mass is 366 g/mol. The van der Waals surface area contributed by atoms with Gasteiger partial charge in [0.2, 0.25) is 0 Å². The summed E-state index contributed by atoms with van der Waals surface area (Å²) in [5, 5.41) is 0.621. The van der Waals surface area contributed by atoms with E-state index in [-0.39, 0.29) is 0 Å². The quantitative estimate of drug-likeness (QED) is 0.732. The van der Waals surface area contributed by atoms with Crippen LogP contribution in [0.3, 0.4) is 0 Å². The van der Waals surface area contributed by atoms with Crippen LogP contribution >= 0.6 is 27.5 Å². The van der Waals surface area contributed by atoms with Gasteiger partial charge in [-0.05, 0) is 28.1 Å². The van der Waals surface area contributed by atoms with Crippen molar-refractivity contribution in [3.8, 4) is 22.9 Å². The molecule has 21 heavy (non-hydrogen) atoms. The van der Waals surface area contributed by atoms with E-state index in [0.29, 0.717) is 22.3 Å². The summed E-state index contributed by atoms with van der Waals surface area (Å²) in [6, 6.07) is 9.41. The summed E-state index contributed by atoms with van der Waals surface area (Å²) in [5.41, 5.74) is 2.48. The number of aromatic nitrogens is 2. The molecule has 0 atom stereocenters. The number of nitrogens with zero attached hydrogens (tertiary/aromatic N) is 1. The minimum Gasteiger partial charge on any atom is -0.493 e. The molecule has 0 aliphatic rings. The van der Waals surface area contributed by atoms with Crippen molar-refractivity contribution in [3.05, 3.63) is 39.8 Å². The number of methoxy groups -OCH3 is 2. The molecular formula is C15H12BrClN2O2. The molecule has 0 aliphatic heterocycles. The van der Waals surface area contributed by atoms with Gasteiger partial charge in [0.05, 0.1) is 30.3 Å². The van der Waals surface area contributed by atoms with Gasteiger partial charge in [-0.15, -0.1) is 0 Å². The number of imidazole rings is 1. The van der Waals surface area contributed by atoms with Gasteiger partial charge >= 0.3 is 0 Å². The van der Waals surface area contributed by atoms with Gasteiger partial charge in [-0.2, -0.15) is 0 Å². The molecule has 3 rings (SSSR count). The number of ether oxygens (including phenoxy) is 2. The highest BCUT2D eigenvalue weighted by molar-refractivity contribution is 9.10. The summed E-state index contributed by atoms with van der Waals surface area (Å²) in [6.45, 7) is 0. The highest BCUT2D eigenvalue weighted by Gasteiger charge is 2.13. The molecule has 4 nitrogen and oxygen atoms in total. The molecule has 6 heteroatoms. The average molecular weight is 368 g/mol. The Balaban J connectivity index is 2.19. The Morgan fingerprint density at radius 1 is 1.14 bits per heavy atom. The van der Waals surface area contributed by atoms with E-state index in [1.54, 1.807) is 14.2 Å². The molecule has 0 saturated heterocycles. The molecular weight excluding hydrogens is 356 g/mol. The van der Waals surface area contributed by atoms with E-state index in [9.17, 15) is 0 Å². The number of H-pyrrole nitrogens is 1. The van der Waals surface area contributed by atoms with Gasteiger partial charge < -0.3 is 14.5 Å². The first-order valence-corrected chi connectivity index (χ1v) is 7.37. The molecule has 108 valence electrons. The predicted molar refractivity (Wildman–Crippen MR) is 87.3 cm³/mol. The second-order valence-corrected chi connectivity index (χ2v) is 5.64. The fourth-order valence-electron chi connectivity index (χ4n) is 2.15. The van der Waals surface area contributed by atoms with E-state index in [0.717, 1.165) is 21.1 Å². The first-order valence-electron chi connectivity index (χ1n) is 6.20. The number of hydrogen-bond acceptors (Lipinski definition) is 3. The molecule has 3 aromatic rings. The fourth-order valence-corrected chi connectivity index (χ4v) is 2.73. The van der Waals surface area contributed by atoms with Crippen LogP contribution in [0.5, 0.6) is 11.5 Å². The average Bonchev–Trinajstić information content (AvgIpc) is 2.90. The maximum atomic E-state index is 6.32. The van der Waals surface area contributed by atoms with Gasteiger partial charge in [0, 0.05) is 22.2 Å². The number of fused-ring (bicyclic) bond motifs is 1. The molecule has 0 saturated carbocycles. The molecule has 0 fully saturated rings. The Kier molecular flexibility index (Phi) is 3.78. The van der Waals surface area contributed by atoms with Crippen molar-refractivity contribution < 1.29 is 9.47 Å². The van der Waals surface area contributed by atoms with Gasteiger partial charge in [0.1, 0.15) is 5.82 Å². The normalized spacial score (nSPS) is 10.9. The summed E-state index contributed by atoms with van der Waals surface area (Å²) in [6.07, 6.45) is 0. The van der Waals surface area contributed by atoms with Crippen molar-refractivity contribution in [2.45, 2.75) is 0 Å². The zero-order valence-electron chi connectivity index (χ0n) is 11.4. The maximum absolute atomic E-state index is 6.32. The lowest BCUT2D eigenvalue weighted by atomic mass is 10.2. The summed E-state index contributed by atoms with van der Waals surface area (Å²) in [7, 11) is 3.20. The second kappa shape index (κ2) is 5.58. The third kappa shape index (κ3) is 2.47. The highest BCUT2D eigenvalue weighted by Crippen LogP contribution is 2.35. The number of nitrogens with one attached hydrogen (secondary N) is 1. The highest BCUT2D eigenvalue weighted by atomic mass is 79.9. The molecule has 0 unspecified atom stereocenters. The van der Waals surface area contributed by atoms with Gasteiger partial charge in [0.25, 0.3) is 0 Å². The Bertz CT molecular complexity index is 776. The van der Waals surface area contributed by atoms with Crippen LogP contribution in [0.4, 0.5) is 0 Å². The molecule has 0 amide bonds. The van der Waals surface area contributed by atoms with Crippen LogP contribution < -0.4 is 9.47 Å². The number of rotatable bonds is 3. The topological polar surface area (TPSA) is 47.1 Å². The smallest absolute Gasteiger partial charge is 0.163 e. The lowest BCUT2D eigenvalue weighted by Gasteiger charge is -2.06. The lowest BCUT2D eigenvalue weighted by Crippen LogP contribution is -1.89. The Morgan fingerprint density at radius 2 is 1.86 bits per heavy atom. The first kappa shape index (κ1) is 14.2. The van der Waals surface area contributed by atoms with Crippen LogP contribution in [-0.2, 0) is 0 Å². The lowest BCUT2D eigenvalue weighted by molar-refractivity contribution is 0.356. The minimum absolute atomic E-state index is 0.621. The van der Waals surface area contributed by atoms with Crippen LogP contribution in [0, 0.1) is 0 Å². The van der Waals surface area contributed by atoms with Crippen molar-refractivity contribution in [2.24, 2.45) is 0 Å². The van der Waals surface area contributed by atoms with Gasteiger partial charge in [0.15, 0.2) is 11.5 Å². The van der Waals surface area contributed by atoms with E-state index >= 15 is 0 Å². The minimum atomic E-state index is 0.621. The Labute approximate surface area is 135 Å². The van der Waals surface area contributed by atoms with Crippen LogP contribution in [0.2, 0.25) is 5.02 Å². The van der Waals surface area contributed by atoms with E-state index < -0.39 is 0 Å². The SMILES string of the molecule is COc1cc2nc(-c3cccc(Br)c3Cl)[nH]c2cc1OC. The zero-order valence-corrected chi connectivity index (χ0v) is 13.7. The zero-order chi connectivity index (χ0) is 15.0. The van der Waals surface area contributed by atoms with E-state index in [1.807, 2.05) is 30.3 Å². The standard InChI is InChI=1S/C15H12BrClN2O2/c1-20-12-6-10-11(7-13(12)21-2)19-15(18-10)8-4-3-5-9(16)14(8)17/h3-7H,1-2H3,(H,18,19). The Hall–Kier alpha value is -1.72. The fraction of sp³-hybridized carbons (Fsp3) is 0.133. The number of halogens is 2. The van der Waals surface area contributed by atoms with Crippen LogP contribution in [0.1, 0.15) is 0 Å². The van der Waals surface area contributed by atoms with Crippen LogP contribution in [0.25, 0.3) is 22.4 Å². The van der Waals surface area contributed by atoms with Gasteiger partial charge in [-0.25, -0.2) is 4.98 Å². The largest absolute Gasteiger partial charge is 0.493 e. The number of hydrogen-bond donors (Lipinski definition) is 1. The van der Waals surface area contributed by atoms with Crippen molar-refractivity contribution in [2.75, 3.05) is 14.2 Å². The molecule has 0 bridgehead atoms. The molecule has 1 N–H and O–H groups in total. The molecule has 0 aliphatic carbocycles. The molecule has 0 spiro atoms. The summed E-state index contributed by atoms with van der Waals surface area (Å²) < 4.78 is 11.4. The van der Waals surface area contributed by atoms with Crippen molar-refractivity contribution >= 4 is 38.6 Å². The van der Waals surface area contributed by atoms with Gasteiger partial charge in [-0.3, -0.25) is 0 Å². The van der Waals surface area contributed by atoms with Crippen LogP contribution in [-0.4, -0.2) is 24.2 Å². The maximum Gasteiger partial charge on any atom is 0.163 e.